The molecule has 12 aromatic carbocycles. The van der Waals surface area contributed by atoms with Gasteiger partial charge in [0.1, 0.15) is 57.5 Å². The maximum absolute atomic E-state index is 15.6. The van der Waals surface area contributed by atoms with E-state index in [9.17, 15) is 9.59 Å². The molecule has 0 heterocycles. The second-order valence-corrected chi connectivity index (χ2v) is 40.2. The second kappa shape index (κ2) is 42.6. The fourth-order valence-electron chi connectivity index (χ4n) is 22.7. The third-order valence-corrected chi connectivity index (χ3v) is 29.1. The van der Waals surface area contributed by atoms with Crippen molar-refractivity contribution in [2.24, 2.45) is 47.3 Å². The average molecular weight is 1890 g/mol. The summed E-state index contributed by atoms with van der Waals surface area (Å²) in [6.07, 6.45) is 22.5. The summed E-state index contributed by atoms with van der Waals surface area (Å²) >= 11 is 0. The molecule has 8 unspecified atom stereocenters. The Labute approximate surface area is 814 Å². The Balaban J connectivity index is 0.000000200. The van der Waals surface area contributed by atoms with Gasteiger partial charge in [-0.3, -0.25) is 0 Å². The topological polar surface area (TPSA) is 108 Å². The van der Waals surface area contributed by atoms with Crippen LogP contribution < -0.4 is 37.9 Å². The summed E-state index contributed by atoms with van der Waals surface area (Å²) in [5, 5.41) is 0. The number of esters is 2. The average Bonchev–Trinajstić information content (AvgIpc) is 1.27. The predicted molar refractivity (Wildman–Crippen MR) is 538 cm³/mol. The molecular weight excluding hydrogens is 1770 g/mol. The molecule has 10 nitrogen and oxygen atoms in total. The van der Waals surface area contributed by atoms with E-state index in [1.807, 2.05) is 156 Å². The summed E-state index contributed by atoms with van der Waals surface area (Å²) in [6.45, 7) is 47.8. The molecule has 0 amide bonds. The molecule has 6 fully saturated rings. The molecule has 6 aliphatic rings. The van der Waals surface area contributed by atoms with Gasteiger partial charge in [0.2, 0.25) is 69.5 Å². The van der Waals surface area contributed by atoms with Crippen molar-refractivity contribution >= 4 is 24.1 Å². The minimum Gasteiger partial charge on any atom is -0.457 e. The lowest BCUT2D eigenvalue weighted by atomic mass is 9.76. The van der Waals surface area contributed by atoms with Crippen LogP contribution in [0.1, 0.15) is 245 Å². The fourth-order valence-corrected chi connectivity index (χ4v) is 22.7. The van der Waals surface area contributed by atoms with Gasteiger partial charge in [-0.1, -0.05) is 171 Å². The van der Waals surface area contributed by atoms with Gasteiger partial charge >= 0.3 is 11.9 Å². The number of hydrogen-bond donors (Lipinski definition) is 0. The molecule has 4 bridgehead atoms. The molecule has 0 N–H and O–H groups in total. The summed E-state index contributed by atoms with van der Waals surface area (Å²) in [4.78, 5) is 24.3. The lowest BCUT2D eigenvalue weighted by Crippen LogP contribution is -2.20. The normalized spacial score (nSPS) is 17.8. The quantitative estimate of drug-likeness (QED) is 0.0317. The number of benzene rings is 12. The molecule has 0 radical (unpaired) electrons. The largest absolute Gasteiger partial charge is 0.457 e. The first-order valence-electron chi connectivity index (χ1n) is 48.4. The third kappa shape index (κ3) is 22.1. The number of fused-ring (bicyclic) bond motifs is 10. The minimum atomic E-state index is -1.75. The van der Waals surface area contributed by atoms with Crippen molar-refractivity contribution in [2.45, 2.75) is 235 Å². The maximum atomic E-state index is 15.6. The van der Waals surface area contributed by atoms with Crippen LogP contribution in [0.25, 0.3) is 12.2 Å². The third-order valence-electron chi connectivity index (χ3n) is 29.1. The van der Waals surface area contributed by atoms with Crippen LogP contribution in [0.3, 0.4) is 0 Å². The SMILES string of the molecule is C1CC2C3CCC(C3)C2C1.C1CC2C3CCC(C3)C2C1.C=Cc1ccc(C(=O)Oc2c(C)cc(C)cc2C)cc1.C=Cc1ccc(C(=O)Oc2c(C)cc(C)cc2C)cc1.Cc1cc(C)c(Oc2c(F)c(F)c(Oc3c(C)cc(Oc4c(C)cc(C(C)(C)c5cc(C)c(Oc6cc(C)c(Oc7c(F)c(F)c(Oc8c(C)cc(C)cc8C)c(F)c7F)c(C)c6)c(C)c5)cc4C)cc3C)c(F)c2F)c(C)c1. The number of hydrogen-bond acceptors (Lipinski definition) is 10. The molecule has 139 heavy (non-hydrogen) atoms. The van der Waals surface area contributed by atoms with E-state index in [1.54, 1.807) is 217 Å². The first-order chi connectivity index (χ1) is 65.9. The Morgan fingerprint density at radius 3 is 0.676 bits per heavy atom. The summed E-state index contributed by atoms with van der Waals surface area (Å²) in [5.41, 5.74) is 19.3. The van der Waals surface area contributed by atoms with Gasteiger partial charge in [0.05, 0.1) is 11.1 Å². The zero-order valence-electron chi connectivity index (χ0n) is 84.1. The minimum absolute atomic E-state index is 0.0228. The maximum Gasteiger partial charge on any atom is 0.343 e. The standard InChI is InChI=1S/C65H60F8O6.2C18H18O2.2C10H16/c1-29-17-31(3)57(32(4)18-29)76-61-47(66)51(70)63(52(71)48(61)67)78-59-39(11)25-45(26-40(59)12)74-55-35(7)21-43(22-36(55)8)65(15,16)44-23-37(9)56(38(10)24-44)75-46-27-41(13)60(42(14)28-46)79-64-53(72)49(68)62(50(69)54(64)73)77-58-33(5)19-30(2)20-34(58)6;2*1-5-15-6-8-16(9-7-15)18(19)20-17-13(3)10-12(2)11-14(17)4;2*1-2-9-7-4-5-8(6-7)10(9)3-1/h17-28H,1-16H3;2*5-11H,1H2,2-4H3;2*7-10H,1-6H2. The van der Waals surface area contributed by atoms with Gasteiger partial charge in [0.25, 0.3) is 0 Å². The second-order valence-electron chi connectivity index (χ2n) is 40.2. The first kappa shape index (κ1) is 102. The zero-order valence-corrected chi connectivity index (χ0v) is 84.1. The fraction of sp³-hybridized carbons (Fsp3) is 0.355. The highest BCUT2D eigenvalue weighted by Gasteiger charge is 2.50. The first-order valence-corrected chi connectivity index (χ1v) is 48.4. The van der Waals surface area contributed by atoms with Crippen molar-refractivity contribution in [3.8, 4) is 80.5 Å². The smallest absolute Gasteiger partial charge is 0.343 e. The van der Waals surface area contributed by atoms with Crippen LogP contribution in [-0.4, -0.2) is 11.9 Å². The van der Waals surface area contributed by atoms with Crippen molar-refractivity contribution in [2.75, 3.05) is 0 Å². The van der Waals surface area contributed by atoms with Crippen LogP contribution >= 0.6 is 0 Å². The zero-order chi connectivity index (χ0) is 101. The van der Waals surface area contributed by atoms with Crippen molar-refractivity contribution in [3.05, 3.63) is 350 Å². The van der Waals surface area contributed by atoms with E-state index >= 15 is 35.1 Å². The molecule has 6 saturated carbocycles. The Hall–Kier alpha value is -12.7. The monoisotopic (exact) mass is 1890 g/mol. The van der Waals surface area contributed by atoms with E-state index in [2.05, 4.69) is 27.0 Å². The molecule has 0 spiro atoms. The van der Waals surface area contributed by atoms with Gasteiger partial charge < -0.3 is 37.9 Å². The number of ether oxygens (including phenoxy) is 8. The summed E-state index contributed by atoms with van der Waals surface area (Å²) < 4.78 is 170. The highest BCUT2D eigenvalue weighted by Crippen LogP contribution is 2.60. The summed E-state index contributed by atoms with van der Waals surface area (Å²) in [6, 6.07) is 43.8. The highest BCUT2D eigenvalue weighted by molar-refractivity contribution is 5.92. The Bertz CT molecular complexity index is 6070. The summed E-state index contributed by atoms with van der Waals surface area (Å²) in [5.74, 6) is -6.71. The van der Waals surface area contributed by atoms with Gasteiger partial charge in [-0.25, -0.2) is 9.59 Å². The number of carbonyl (C=O) groups excluding carboxylic acids is 2. The van der Waals surface area contributed by atoms with Gasteiger partial charge in [-0.05, 0) is 410 Å². The molecule has 12 aromatic rings. The molecule has 6 aliphatic carbocycles. The Morgan fingerprint density at radius 1 is 0.266 bits per heavy atom. The number of halogens is 8. The van der Waals surface area contributed by atoms with Gasteiger partial charge in [0.15, 0.2) is 0 Å². The van der Waals surface area contributed by atoms with Crippen LogP contribution in [0.5, 0.6) is 80.5 Å². The van der Waals surface area contributed by atoms with Gasteiger partial charge in [-0.2, -0.15) is 35.1 Å². The van der Waals surface area contributed by atoms with E-state index in [-0.39, 0.29) is 34.9 Å². The molecule has 18 heteroatoms. The van der Waals surface area contributed by atoms with E-state index in [1.165, 1.54) is 47.3 Å². The number of aryl methyl sites for hydroxylation is 20. The molecule has 8 atom stereocenters. The van der Waals surface area contributed by atoms with Crippen molar-refractivity contribution in [1.82, 2.24) is 0 Å². The van der Waals surface area contributed by atoms with Crippen LogP contribution in [0.4, 0.5) is 35.1 Å². The van der Waals surface area contributed by atoms with E-state index < -0.39 is 75.0 Å². The molecule has 0 aromatic heterocycles. The van der Waals surface area contributed by atoms with Crippen molar-refractivity contribution < 1.29 is 82.6 Å². The summed E-state index contributed by atoms with van der Waals surface area (Å²) in [7, 11) is 0. The van der Waals surface area contributed by atoms with E-state index in [0.717, 1.165) is 89.0 Å². The van der Waals surface area contributed by atoms with Gasteiger partial charge in [0, 0.05) is 5.41 Å². The predicted octanol–water partition coefficient (Wildman–Crippen LogP) is 34.8. The lowest BCUT2D eigenvalue weighted by molar-refractivity contribution is 0.0723. The van der Waals surface area contributed by atoms with E-state index in [4.69, 9.17) is 37.9 Å². The van der Waals surface area contributed by atoms with Crippen LogP contribution in [0.2, 0.25) is 0 Å². The highest BCUT2D eigenvalue weighted by atomic mass is 19.2. The number of carbonyl (C=O) groups is 2. The molecule has 728 valence electrons. The molecule has 0 aliphatic heterocycles. The van der Waals surface area contributed by atoms with Crippen molar-refractivity contribution in [1.29, 1.82) is 0 Å². The molecular formula is C121H128F8O10. The van der Waals surface area contributed by atoms with Crippen LogP contribution in [0.15, 0.2) is 159 Å². The van der Waals surface area contributed by atoms with Crippen molar-refractivity contribution in [3.63, 3.8) is 0 Å². The Kier molecular flexibility index (Phi) is 31.3. The van der Waals surface area contributed by atoms with Crippen LogP contribution in [-0.2, 0) is 5.41 Å². The van der Waals surface area contributed by atoms with Gasteiger partial charge in [-0.15, -0.1) is 0 Å². The molecule has 0 saturated heterocycles. The number of rotatable bonds is 20. The van der Waals surface area contributed by atoms with E-state index in [0.29, 0.717) is 90.1 Å². The lowest BCUT2D eigenvalue weighted by Gasteiger charge is -2.29. The Morgan fingerprint density at radius 2 is 0.460 bits per heavy atom. The molecule has 18 rings (SSSR count). The van der Waals surface area contributed by atoms with Crippen LogP contribution in [0, 0.1) is 232 Å².